The summed E-state index contributed by atoms with van der Waals surface area (Å²) in [6.45, 7) is 6.18. The number of carbonyl (C=O) groups excluding carboxylic acids is 2. The van der Waals surface area contributed by atoms with Gasteiger partial charge in [-0.2, -0.15) is 0 Å². The van der Waals surface area contributed by atoms with Crippen LogP contribution in [-0.2, 0) is 19.1 Å². The van der Waals surface area contributed by atoms with Crippen molar-refractivity contribution in [3.63, 3.8) is 0 Å². The van der Waals surface area contributed by atoms with Crippen LogP contribution in [0.2, 0.25) is 0 Å². The summed E-state index contributed by atoms with van der Waals surface area (Å²) in [6.07, 6.45) is 9.03. The molecule has 0 aliphatic carbocycles. The quantitative estimate of drug-likeness (QED) is 0.0603. The Balaban J connectivity index is 2.21. The van der Waals surface area contributed by atoms with Crippen LogP contribution in [0.5, 0.6) is 0 Å². The maximum absolute atomic E-state index is 13.3. The second-order valence-corrected chi connectivity index (χ2v) is 10.0. The summed E-state index contributed by atoms with van der Waals surface area (Å²) in [4.78, 5) is 37.2. The van der Waals surface area contributed by atoms with Crippen molar-refractivity contribution in [2.75, 3.05) is 17.6 Å². The number of nitrogens with one attached hydrogen (secondary N) is 1. The van der Waals surface area contributed by atoms with Gasteiger partial charge < -0.3 is 14.8 Å². The van der Waals surface area contributed by atoms with E-state index in [1.165, 1.54) is 44.2 Å². The van der Waals surface area contributed by atoms with Gasteiger partial charge in [0.05, 0.1) is 28.6 Å². The zero-order chi connectivity index (χ0) is 26.5. The zero-order valence-electron chi connectivity index (χ0n) is 21.4. The summed E-state index contributed by atoms with van der Waals surface area (Å²) in [6, 6.07) is 6.01. The lowest BCUT2D eigenvalue weighted by atomic mass is 9.80. The number of allylic oxidation sites excluding steroid dienone is 2. The third kappa shape index (κ3) is 8.60. The average molecular weight is 613 g/mol. The van der Waals surface area contributed by atoms with Gasteiger partial charge in [-0.1, -0.05) is 86.6 Å². The van der Waals surface area contributed by atoms with Gasteiger partial charge in [0.15, 0.2) is 0 Å². The molecule has 1 aromatic carbocycles. The van der Waals surface area contributed by atoms with Crippen LogP contribution < -0.4 is 5.32 Å². The third-order valence-electron chi connectivity index (χ3n) is 6.16. The molecule has 1 N–H and O–H groups in total. The maximum atomic E-state index is 13.3. The number of non-ortho nitro benzene ring substituents is 1. The highest BCUT2D eigenvalue weighted by Crippen LogP contribution is 2.40. The van der Waals surface area contributed by atoms with Crippen LogP contribution in [0.15, 0.2) is 46.8 Å². The number of hydrogen-bond donors (Lipinski definition) is 1. The van der Waals surface area contributed by atoms with Crippen molar-refractivity contribution in [1.29, 1.82) is 0 Å². The number of nitro groups is 1. The first-order chi connectivity index (χ1) is 17.3. The van der Waals surface area contributed by atoms with Gasteiger partial charge >= 0.3 is 11.9 Å². The van der Waals surface area contributed by atoms with Crippen molar-refractivity contribution in [3.05, 3.63) is 62.5 Å². The normalized spacial score (nSPS) is 15.5. The van der Waals surface area contributed by atoms with Crippen molar-refractivity contribution < 1.29 is 24.0 Å². The Morgan fingerprint density at radius 1 is 0.944 bits per heavy atom. The summed E-state index contributed by atoms with van der Waals surface area (Å²) in [5, 5.41) is 14.5. The van der Waals surface area contributed by atoms with Crippen LogP contribution in [0.3, 0.4) is 0 Å². The Hall–Kier alpha value is -2.43. The molecule has 0 radical (unpaired) electrons. The molecule has 1 aromatic rings. The van der Waals surface area contributed by atoms with Gasteiger partial charge in [0, 0.05) is 28.0 Å². The first-order valence-corrected chi connectivity index (χ1v) is 14.2. The van der Waals surface area contributed by atoms with Crippen molar-refractivity contribution in [2.45, 2.75) is 78.1 Å². The number of alkyl halides is 1. The molecule has 0 aromatic heterocycles. The van der Waals surface area contributed by atoms with E-state index in [4.69, 9.17) is 9.47 Å². The summed E-state index contributed by atoms with van der Waals surface area (Å²) in [5.74, 6) is -1.93. The maximum Gasteiger partial charge on any atom is 0.336 e. The number of esters is 2. The van der Waals surface area contributed by atoms with E-state index in [0.29, 0.717) is 21.4 Å². The molecular weight excluding hydrogens is 575 g/mol. The predicted octanol–water partition coefficient (Wildman–Crippen LogP) is 6.49. The lowest BCUT2D eigenvalue weighted by Gasteiger charge is -2.30. The van der Waals surface area contributed by atoms with E-state index in [2.05, 4.69) is 34.8 Å². The fourth-order valence-corrected chi connectivity index (χ4v) is 4.59. The largest absolute Gasteiger partial charge is 0.462 e. The number of dihydropyridines is 1. The molecule has 0 fully saturated rings. The summed E-state index contributed by atoms with van der Waals surface area (Å²) in [7, 11) is 0. The van der Waals surface area contributed by atoms with Crippen LogP contribution in [0.4, 0.5) is 5.69 Å². The van der Waals surface area contributed by atoms with E-state index in [1.807, 2.05) is 0 Å². The summed E-state index contributed by atoms with van der Waals surface area (Å²) < 4.78 is 11.6. The lowest BCUT2D eigenvalue weighted by molar-refractivity contribution is -0.384. The Bertz CT molecular complexity index is 988. The number of unbranched alkanes of at least 4 members (excludes halogenated alkanes) is 7. The molecule has 1 heterocycles. The Kier molecular flexibility index (Phi) is 12.9. The molecule has 1 aliphatic rings. The lowest BCUT2D eigenvalue weighted by Crippen LogP contribution is -2.32. The molecule has 9 heteroatoms. The average Bonchev–Trinajstić information content (AvgIpc) is 2.85. The van der Waals surface area contributed by atoms with Gasteiger partial charge in [-0.25, -0.2) is 9.59 Å². The molecule has 2 rings (SSSR count). The van der Waals surface area contributed by atoms with E-state index < -0.39 is 22.8 Å². The molecule has 198 valence electrons. The fourth-order valence-electron chi connectivity index (χ4n) is 4.37. The van der Waals surface area contributed by atoms with E-state index in [-0.39, 0.29) is 30.0 Å². The second-order valence-electron chi connectivity index (χ2n) is 8.92. The number of benzene rings is 1. The topological polar surface area (TPSA) is 108 Å². The van der Waals surface area contributed by atoms with Gasteiger partial charge in [0.25, 0.3) is 5.69 Å². The van der Waals surface area contributed by atoms with Crippen LogP contribution in [0, 0.1) is 10.1 Å². The molecule has 0 bridgehead atoms. The fraction of sp³-hybridized carbons (Fsp3) is 0.556. The van der Waals surface area contributed by atoms with Gasteiger partial charge in [-0.15, -0.1) is 0 Å². The molecule has 0 spiro atoms. The van der Waals surface area contributed by atoms with Crippen molar-refractivity contribution in [2.24, 2.45) is 0 Å². The smallest absolute Gasteiger partial charge is 0.336 e. The first-order valence-electron chi connectivity index (χ1n) is 12.6. The molecule has 36 heavy (non-hydrogen) atoms. The van der Waals surface area contributed by atoms with Gasteiger partial charge in [0.2, 0.25) is 0 Å². The highest BCUT2D eigenvalue weighted by Gasteiger charge is 2.38. The highest BCUT2D eigenvalue weighted by atomic mass is 127. The van der Waals surface area contributed by atoms with Crippen LogP contribution in [0.1, 0.15) is 83.6 Å². The molecule has 0 amide bonds. The zero-order valence-corrected chi connectivity index (χ0v) is 23.6. The number of nitro benzene ring substituents is 1. The van der Waals surface area contributed by atoms with Crippen molar-refractivity contribution in [1.82, 2.24) is 5.32 Å². The number of rotatable bonds is 15. The first kappa shape index (κ1) is 29.8. The van der Waals surface area contributed by atoms with E-state index in [9.17, 15) is 19.7 Å². The van der Waals surface area contributed by atoms with E-state index in [0.717, 1.165) is 19.3 Å². The molecular formula is C27H37IN2O6. The SMILES string of the molecule is CCCCCCCCCCOC(=O)C1=C(C)NC(C)=C(C(=O)OCCI)C1c1cccc([N+](=O)[O-])c1. The number of hydrogen-bond acceptors (Lipinski definition) is 7. The van der Waals surface area contributed by atoms with E-state index in [1.54, 1.807) is 26.0 Å². The van der Waals surface area contributed by atoms with Gasteiger partial charge in [-0.05, 0) is 25.8 Å². The van der Waals surface area contributed by atoms with Gasteiger partial charge in [-0.3, -0.25) is 10.1 Å². The second kappa shape index (κ2) is 15.6. The Morgan fingerprint density at radius 2 is 1.50 bits per heavy atom. The number of halogens is 1. The number of ether oxygens (including phenoxy) is 2. The van der Waals surface area contributed by atoms with Crippen molar-refractivity contribution >= 4 is 40.2 Å². The molecule has 1 aliphatic heterocycles. The monoisotopic (exact) mass is 612 g/mol. The summed E-state index contributed by atoms with van der Waals surface area (Å²) in [5.41, 5.74) is 1.96. The van der Waals surface area contributed by atoms with Crippen molar-refractivity contribution in [3.8, 4) is 0 Å². The van der Waals surface area contributed by atoms with Crippen LogP contribution >= 0.6 is 22.6 Å². The van der Waals surface area contributed by atoms with Crippen LogP contribution in [-0.4, -0.2) is 34.5 Å². The molecule has 0 saturated heterocycles. The molecule has 0 saturated carbocycles. The van der Waals surface area contributed by atoms with Crippen LogP contribution in [0.25, 0.3) is 0 Å². The highest BCUT2D eigenvalue weighted by molar-refractivity contribution is 14.1. The standard InChI is InChI=1S/C27H37IN2O6/c1-4-5-6-7-8-9-10-11-16-35-26(31)23-19(2)29-20(3)24(27(32)36-17-15-28)25(23)21-13-12-14-22(18-21)30(33)34/h12-14,18,25,29H,4-11,15-17H2,1-3H3. The summed E-state index contributed by atoms with van der Waals surface area (Å²) >= 11 is 2.11. The Morgan fingerprint density at radius 3 is 2.06 bits per heavy atom. The number of carbonyl (C=O) groups is 2. The van der Waals surface area contributed by atoms with E-state index >= 15 is 0 Å². The Labute approximate surface area is 227 Å². The minimum atomic E-state index is -0.834. The van der Waals surface area contributed by atoms with Gasteiger partial charge in [0.1, 0.15) is 6.61 Å². The molecule has 1 unspecified atom stereocenters. The third-order valence-corrected chi connectivity index (χ3v) is 6.60. The predicted molar refractivity (Wildman–Crippen MR) is 148 cm³/mol. The number of nitrogens with zero attached hydrogens (tertiary/aromatic N) is 1. The minimum Gasteiger partial charge on any atom is -0.462 e. The molecule has 8 nitrogen and oxygen atoms in total. The molecule has 1 atom stereocenters. The minimum absolute atomic E-state index is 0.118.